The van der Waals surface area contributed by atoms with Crippen LogP contribution < -0.4 is 10.6 Å². The van der Waals surface area contributed by atoms with Crippen molar-refractivity contribution >= 4 is 18.3 Å². The number of hydrogen-bond donors (Lipinski definition) is 2. The van der Waals surface area contributed by atoms with Crippen LogP contribution in [-0.4, -0.2) is 18.0 Å². The highest BCUT2D eigenvalue weighted by Crippen LogP contribution is 2.33. The Morgan fingerprint density at radius 1 is 1.28 bits per heavy atom. The van der Waals surface area contributed by atoms with Gasteiger partial charge in [0.05, 0.1) is 6.04 Å². The molecule has 2 N–H and O–H groups in total. The van der Waals surface area contributed by atoms with Crippen LogP contribution in [0, 0.1) is 17.6 Å². The smallest absolute Gasteiger partial charge is 0.220 e. The van der Waals surface area contributed by atoms with Gasteiger partial charge in [0.2, 0.25) is 5.91 Å². The second-order valence-corrected chi connectivity index (χ2v) is 7.25. The summed E-state index contributed by atoms with van der Waals surface area (Å²) in [6, 6.07) is 4.30. The Morgan fingerprint density at radius 3 is 2.56 bits per heavy atom. The second kappa shape index (κ2) is 8.95. The zero-order valence-corrected chi connectivity index (χ0v) is 15.4. The largest absolute Gasteiger partial charge is 0.349 e. The highest BCUT2D eigenvalue weighted by molar-refractivity contribution is 5.85. The fraction of sp³-hybridized carbons (Fsp3) is 0.632. The lowest BCUT2D eigenvalue weighted by Crippen LogP contribution is -2.40. The maximum atomic E-state index is 14.0. The summed E-state index contributed by atoms with van der Waals surface area (Å²) >= 11 is 0. The summed E-state index contributed by atoms with van der Waals surface area (Å²) in [6.45, 7) is 1.99. The topological polar surface area (TPSA) is 41.1 Å². The van der Waals surface area contributed by atoms with Crippen LogP contribution in [0.25, 0.3) is 0 Å². The van der Waals surface area contributed by atoms with Gasteiger partial charge in [0.1, 0.15) is 11.6 Å². The number of nitrogens with one attached hydrogen (secondary N) is 2. The van der Waals surface area contributed by atoms with E-state index in [4.69, 9.17) is 0 Å². The average molecular weight is 373 g/mol. The number of carbonyl (C=O) groups excluding carboxylic acids is 1. The van der Waals surface area contributed by atoms with Crippen molar-refractivity contribution in [1.29, 1.82) is 0 Å². The molecule has 0 radical (unpaired) electrons. The highest BCUT2D eigenvalue weighted by atomic mass is 35.5. The summed E-state index contributed by atoms with van der Waals surface area (Å²) in [5, 5.41) is 6.55. The molecule has 0 aliphatic carbocycles. The molecule has 0 saturated carbocycles. The molecule has 2 saturated heterocycles. The van der Waals surface area contributed by atoms with Gasteiger partial charge in [-0.2, -0.15) is 0 Å². The zero-order chi connectivity index (χ0) is 17.1. The van der Waals surface area contributed by atoms with Gasteiger partial charge in [0, 0.05) is 30.1 Å². The van der Waals surface area contributed by atoms with Crippen LogP contribution >= 0.6 is 12.4 Å². The lowest BCUT2D eigenvalue weighted by molar-refractivity contribution is -0.123. The van der Waals surface area contributed by atoms with Gasteiger partial charge < -0.3 is 10.6 Å². The summed E-state index contributed by atoms with van der Waals surface area (Å²) in [5.41, 5.74) is 0.372. The SMILES string of the molecule is CCCC(NC(=O)CC1CC2CCC(C1)N2)c1ccc(F)cc1F.Cl. The van der Waals surface area contributed by atoms with Crippen LogP contribution in [0.3, 0.4) is 0 Å². The van der Waals surface area contributed by atoms with Crippen LogP contribution in [-0.2, 0) is 4.79 Å². The third-order valence-corrected chi connectivity index (χ3v) is 5.30. The van der Waals surface area contributed by atoms with E-state index < -0.39 is 11.6 Å². The summed E-state index contributed by atoms with van der Waals surface area (Å²) in [7, 11) is 0. The van der Waals surface area contributed by atoms with Crippen molar-refractivity contribution in [3.63, 3.8) is 0 Å². The first-order valence-corrected chi connectivity index (χ1v) is 9.05. The minimum absolute atomic E-state index is 0. The van der Waals surface area contributed by atoms with E-state index in [1.807, 2.05) is 6.92 Å². The van der Waals surface area contributed by atoms with E-state index in [-0.39, 0.29) is 24.4 Å². The van der Waals surface area contributed by atoms with Gasteiger partial charge in [0.25, 0.3) is 0 Å². The minimum Gasteiger partial charge on any atom is -0.349 e. The van der Waals surface area contributed by atoms with Crippen LogP contribution in [0.15, 0.2) is 18.2 Å². The molecule has 3 atom stereocenters. The fourth-order valence-electron chi connectivity index (χ4n) is 4.24. The summed E-state index contributed by atoms with van der Waals surface area (Å²) < 4.78 is 27.2. The molecular formula is C19H27ClF2N2O. The van der Waals surface area contributed by atoms with Gasteiger partial charge >= 0.3 is 0 Å². The van der Waals surface area contributed by atoms with Crippen LogP contribution in [0.2, 0.25) is 0 Å². The molecular weight excluding hydrogens is 346 g/mol. The van der Waals surface area contributed by atoms with Crippen LogP contribution in [0.4, 0.5) is 8.78 Å². The number of hydrogen-bond acceptors (Lipinski definition) is 2. The maximum absolute atomic E-state index is 14.0. The average Bonchev–Trinajstić information content (AvgIpc) is 2.86. The molecule has 0 aromatic heterocycles. The van der Waals surface area contributed by atoms with E-state index in [1.54, 1.807) is 0 Å². The first kappa shape index (κ1) is 20.1. The Balaban J connectivity index is 0.00000225. The number of fused-ring (bicyclic) bond motifs is 2. The third kappa shape index (κ3) is 5.14. The number of benzene rings is 1. The molecule has 1 aromatic rings. The summed E-state index contributed by atoms with van der Waals surface area (Å²) in [6.07, 6.45) is 6.48. The van der Waals surface area contributed by atoms with Gasteiger partial charge in [-0.05, 0) is 44.1 Å². The molecule has 3 unspecified atom stereocenters. The standard InChI is InChI=1S/C19H26F2N2O.ClH/c1-2-3-18(16-7-4-13(20)11-17(16)21)23-19(24)10-12-8-14-5-6-15(9-12)22-14;/h4,7,11-12,14-15,18,22H,2-3,5-6,8-10H2,1H3,(H,23,24);1H. The van der Waals surface area contributed by atoms with Crippen molar-refractivity contribution < 1.29 is 13.6 Å². The normalized spacial score (nSPS) is 26.0. The fourth-order valence-corrected chi connectivity index (χ4v) is 4.24. The van der Waals surface area contributed by atoms with Crippen molar-refractivity contribution in [3.8, 4) is 0 Å². The molecule has 3 rings (SSSR count). The Hall–Kier alpha value is -1.20. The summed E-state index contributed by atoms with van der Waals surface area (Å²) in [5.74, 6) is -0.802. The molecule has 2 aliphatic heterocycles. The van der Waals surface area contributed by atoms with Gasteiger partial charge in [-0.3, -0.25) is 4.79 Å². The van der Waals surface area contributed by atoms with Crippen molar-refractivity contribution in [1.82, 2.24) is 10.6 Å². The Kier molecular flexibility index (Phi) is 7.20. The van der Waals surface area contributed by atoms with E-state index in [9.17, 15) is 13.6 Å². The number of rotatable bonds is 6. The lowest BCUT2D eigenvalue weighted by Gasteiger charge is -2.29. The van der Waals surface area contributed by atoms with Crippen LogP contribution in [0.5, 0.6) is 0 Å². The molecule has 6 heteroatoms. The van der Waals surface area contributed by atoms with E-state index in [2.05, 4.69) is 10.6 Å². The Labute approximate surface area is 154 Å². The predicted octanol–water partition coefficient (Wildman–Crippen LogP) is 4.26. The van der Waals surface area contributed by atoms with Crippen molar-refractivity contribution in [3.05, 3.63) is 35.4 Å². The second-order valence-electron chi connectivity index (χ2n) is 7.25. The van der Waals surface area contributed by atoms with Crippen molar-refractivity contribution in [2.75, 3.05) is 0 Å². The number of piperidine rings is 1. The van der Waals surface area contributed by atoms with Gasteiger partial charge in [-0.25, -0.2) is 8.78 Å². The third-order valence-electron chi connectivity index (χ3n) is 5.30. The lowest BCUT2D eigenvalue weighted by atomic mass is 9.89. The Bertz CT molecular complexity index is 587. The number of halogens is 3. The molecule has 3 nitrogen and oxygen atoms in total. The number of carbonyl (C=O) groups is 1. The predicted molar refractivity (Wildman–Crippen MR) is 96.7 cm³/mol. The van der Waals surface area contributed by atoms with Crippen LogP contribution in [0.1, 0.15) is 63.5 Å². The molecule has 1 aromatic carbocycles. The van der Waals surface area contributed by atoms with Gasteiger partial charge in [-0.1, -0.05) is 19.4 Å². The van der Waals surface area contributed by atoms with Gasteiger partial charge in [-0.15, -0.1) is 12.4 Å². The highest BCUT2D eigenvalue weighted by Gasteiger charge is 2.34. The Morgan fingerprint density at radius 2 is 1.96 bits per heavy atom. The molecule has 2 bridgehead atoms. The molecule has 2 fully saturated rings. The van der Waals surface area contributed by atoms with E-state index >= 15 is 0 Å². The molecule has 140 valence electrons. The first-order chi connectivity index (χ1) is 11.5. The monoisotopic (exact) mass is 372 g/mol. The molecule has 2 aliphatic rings. The minimum atomic E-state index is -0.594. The van der Waals surface area contributed by atoms with Gasteiger partial charge in [0.15, 0.2) is 0 Å². The van der Waals surface area contributed by atoms with Crippen molar-refractivity contribution in [2.24, 2.45) is 5.92 Å². The number of amides is 1. The molecule has 1 amide bonds. The van der Waals surface area contributed by atoms with Crippen molar-refractivity contribution in [2.45, 2.75) is 70.0 Å². The zero-order valence-electron chi connectivity index (χ0n) is 14.6. The molecule has 25 heavy (non-hydrogen) atoms. The maximum Gasteiger partial charge on any atom is 0.220 e. The molecule has 2 heterocycles. The van der Waals surface area contributed by atoms with E-state index in [0.717, 1.165) is 25.3 Å². The van der Waals surface area contributed by atoms with E-state index in [0.29, 0.717) is 36.4 Å². The molecule has 0 spiro atoms. The first-order valence-electron chi connectivity index (χ1n) is 9.05. The quantitative estimate of drug-likeness (QED) is 0.783. The summed E-state index contributed by atoms with van der Waals surface area (Å²) in [4.78, 5) is 12.5. The van der Waals surface area contributed by atoms with E-state index in [1.165, 1.54) is 25.0 Å².